The lowest BCUT2D eigenvalue weighted by Gasteiger charge is -2.20. The van der Waals surface area contributed by atoms with E-state index in [1.165, 1.54) is 55.2 Å². The summed E-state index contributed by atoms with van der Waals surface area (Å²) in [6, 6.07) is 32.8. The average Bonchev–Trinajstić information content (AvgIpc) is 3.20. The molecule has 0 aliphatic heterocycles. The zero-order valence-electron chi connectivity index (χ0n) is 21.5. The molecule has 3 nitrogen and oxygen atoms in total. The van der Waals surface area contributed by atoms with Gasteiger partial charge in [-0.1, -0.05) is 81.4 Å². The lowest BCUT2D eigenvalue weighted by atomic mass is 9.88. The summed E-state index contributed by atoms with van der Waals surface area (Å²) < 4.78 is 8.04. The van der Waals surface area contributed by atoms with Gasteiger partial charge in [-0.05, 0) is 62.7 Å². The first-order valence-corrected chi connectivity index (χ1v) is 12.8. The van der Waals surface area contributed by atoms with Gasteiger partial charge in [-0.15, -0.1) is 0 Å². The second kappa shape index (κ2) is 7.81. The minimum absolute atomic E-state index is 0.00895. The summed E-state index contributed by atoms with van der Waals surface area (Å²) in [6.07, 6.45) is 1.94. The van der Waals surface area contributed by atoms with Gasteiger partial charge in [-0.3, -0.25) is 4.57 Å². The number of pyridine rings is 1. The van der Waals surface area contributed by atoms with Crippen molar-refractivity contribution < 1.29 is 4.74 Å². The van der Waals surface area contributed by atoms with Crippen LogP contribution in [0.3, 0.4) is 0 Å². The van der Waals surface area contributed by atoms with Crippen LogP contribution in [0.2, 0.25) is 0 Å². The first-order chi connectivity index (χ1) is 18.0. The molecule has 0 saturated heterocycles. The normalized spacial score (nSPS) is 12.3. The predicted molar refractivity (Wildman–Crippen MR) is 154 cm³/mol. The maximum atomic E-state index is 5.70. The molecule has 37 heavy (non-hydrogen) atoms. The number of aromatic nitrogens is 2. The quantitative estimate of drug-likeness (QED) is 0.247. The van der Waals surface area contributed by atoms with Gasteiger partial charge >= 0.3 is 0 Å². The van der Waals surface area contributed by atoms with Crippen molar-refractivity contribution in [2.45, 2.75) is 26.2 Å². The molecule has 0 atom stereocenters. The summed E-state index contributed by atoms with van der Waals surface area (Å²) in [7, 11) is 1.73. The van der Waals surface area contributed by atoms with Crippen molar-refractivity contribution >= 4 is 21.7 Å². The molecule has 0 unspecified atom stereocenters. The van der Waals surface area contributed by atoms with Crippen LogP contribution in [0.25, 0.3) is 61.0 Å². The molecule has 1 aliphatic carbocycles. The molecule has 0 N–H and O–H groups in total. The van der Waals surface area contributed by atoms with Crippen molar-refractivity contribution in [1.29, 1.82) is 0 Å². The highest BCUT2D eigenvalue weighted by molar-refractivity contribution is 6.19. The Morgan fingerprint density at radius 1 is 0.730 bits per heavy atom. The molecule has 0 bridgehead atoms. The van der Waals surface area contributed by atoms with Crippen LogP contribution in [0, 0.1) is 0 Å². The average molecular weight is 481 g/mol. The fraction of sp³-hybridized carbons (Fsp3) is 0.147. The standard InChI is InChI=1S/C34H28N2O/c1-34(2,3)22-17-18-35-30(19-22)36-29-20-23(37-4)15-16-27(29)32-28-14-8-10-21-9-7-13-25(31(21)28)24-11-5-6-12-26(24)33(32)36/h5-20H,1-4H3. The predicted octanol–water partition coefficient (Wildman–Crippen LogP) is 8.80. The van der Waals surface area contributed by atoms with Gasteiger partial charge in [0, 0.05) is 28.8 Å². The summed E-state index contributed by atoms with van der Waals surface area (Å²) in [5, 5.41) is 3.74. The Morgan fingerprint density at radius 2 is 1.46 bits per heavy atom. The zero-order valence-corrected chi connectivity index (χ0v) is 21.5. The maximum Gasteiger partial charge on any atom is 0.137 e. The van der Waals surface area contributed by atoms with Gasteiger partial charge in [0.15, 0.2) is 0 Å². The van der Waals surface area contributed by atoms with Crippen molar-refractivity contribution in [3.05, 3.63) is 103 Å². The number of rotatable bonds is 2. The molecule has 180 valence electrons. The van der Waals surface area contributed by atoms with Gasteiger partial charge in [0.05, 0.1) is 18.3 Å². The molecule has 0 spiro atoms. The van der Waals surface area contributed by atoms with Gasteiger partial charge < -0.3 is 4.74 Å². The molecule has 0 fully saturated rings. The topological polar surface area (TPSA) is 27.1 Å². The Balaban J connectivity index is 1.72. The van der Waals surface area contributed by atoms with E-state index < -0.39 is 0 Å². The Hall–Kier alpha value is -4.37. The van der Waals surface area contributed by atoms with E-state index in [0.29, 0.717) is 0 Å². The minimum atomic E-state index is 0.00895. The van der Waals surface area contributed by atoms with Gasteiger partial charge in [0.1, 0.15) is 11.6 Å². The number of fused-ring (bicyclic) bond motifs is 7. The Morgan fingerprint density at radius 3 is 2.22 bits per heavy atom. The molecule has 4 aromatic carbocycles. The number of nitrogens with zero attached hydrogens (tertiary/aromatic N) is 2. The zero-order chi connectivity index (χ0) is 25.3. The van der Waals surface area contributed by atoms with Gasteiger partial charge in [0.2, 0.25) is 0 Å². The fourth-order valence-corrected chi connectivity index (χ4v) is 5.87. The van der Waals surface area contributed by atoms with Gasteiger partial charge in [-0.25, -0.2) is 4.98 Å². The van der Waals surface area contributed by atoms with E-state index in [9.17, 15) is 0 Å². The lowest BCUT2D eigenvalue weighted by Crippen LogP contribution is -2.12. The Bertz CT molecular complexity index is 1850. The number of benzene rings is 4. The molecule has 0 amide bonds. The Labute approximate surface area is 217 Å². The van der Waals surface area contributed by atoms with Crippen molar-refractivity contribution in [3.8, 4) is 45.1 Å². The summed E-state index contributed by atoms with van der Waals surface area (Å²) in [6.45, 7) is 6.74. The van der Waals surface area contributed by atoms with Crippen LogP contribution in [0.4, 0.5) is 0 Å². The second-order valence-electron chi connectivity index (χ2n) is 10.8. The summed E-state index contributed by atoms with van der Waals surface area (Å²) in [5.74, 6) is 1.75. The monoisotopic (exact) mass is 480 g/mol. The van der Waals surface area contributed by atoms with Crippen LogP contribution < -0.4 is 4.74 Å². The van der Waals surface area contributed by atoms with Crippen LogP contribution in [-0.2, 0) is 5.41 Å². The molecule has 1 aliphatic rings. The van der Waals surface area contributed by atoms with Crippen molar-refractivity contribution in [2.24, 2.45) is 0 Å². The number of hydrogen-bond donors (Lipinski definition) is 0. The molecular weight excluding hydrogens is 452 g/mol. The third kappa shape index (κ3) is 3.17. The lowest BCUT2D eigenvalue weighted by molar-refractivity contribution is 0.415. The summed E-state index contributed by atoms with van der Waals surface area (Å²) in [5.41, 5.74) is 9.73. The highest BCUT2D eigenvalue weighted by Gasteiger charge is 2.29. The molecule has 3 heteroatoms. The molecule has 7 rings (SSSR count). The third-order valence-electron chi connectivity index (χ3n) is 7.66. The van der Waals surface area contributed by atoms with Crippen molar-refractivity contribution in [2.75, 3.05) is 7.11 Å². The molecule has 0 saturated carbocycles. The third-order valence-corrected chi connectivity index (χ3v) is 7.66. The minimum Gasteiger partial charge on any atom is -0.497 e. The maximum absolute atomic E-state index is 5.70. The fourth-order valence-electron chi connectivity index (χ4n) is 5.87. The smallest absolute Gasteiger partial charge is 0.137 e. The first-order valence-electron chi connectivity index (χ1n) is 12.8. The van der Waals surface area contributed by atoms with Crippen LogP contribution in [-0.4, -0.2) is 16.7 Å². The van der Waals surface area contributed by atoms with Crippen LogP contribution in [0.15, 0.2) is 97.2 Å². The molecular formula is C34H28N2O. The molecule has 2 heterocycles. The van der Waals surface area contributed by atoms with E-state index in [-0.39, 0.29) is 5.41 Å². The van der Waals surface area contributed by atoms with Crippen LogP contribution >= 0.6 is 0 Å². The largest absolute Gasteiger partial charge is 0.497 e. The van der Waals surface area contributed by atoms with Gasteiger partial charge in [0.25, 0.3) is 0 Å². The van der Waals surface area contributed by atoms with E-state index in [1.54, 1.807) is 7.11 Å². The van der Waals surface area contributed by atoms with Crippen molar-refractivity contribution in [3.63, 3.8) is 0 Å². The second-order valence-corrected chi connectivity index (χ2v) is 10.8. The molecule has 2 aromatic heterocycles. The first kappa shape index (κ1) is 21.9. The number of ether oxygens (including phenoxy) is 1. The summed E-state index contributed by atoms with van der Waals surface area (Å²) in [4.78, 5) is 4.93. The Kier molecular flexibility index (Phi) is 4.62. The van der Waals surface area contributed by atoms with Crippen LogP contribution in [0.5, 0.6) is 5.75 Å². The summed E-state index contributed by atoms with van der Waals surface area (Å²) >= 11 is 0. The number of methoxy groups -OCH3 is 1. The molecule has 6 aromatic rings. The number of hydrogen-bond acceptors (Lipinski definition) is 2. The van der Waals surface area contributed by atoms with E-state index >= 15 is 0 Å². The molecule has 0 radical (unpaired) electrons. The highest BCUT2D eigenvalue weighted by atomic mass is 16.5. The van der Waals surface area contributed by atoms with Crippen LogP contribution in [0.1, 0.15) is 26.3 Å². The van der Waals surface area contributed by atoms with E-state index in [0.717, 1.165) is 17.1 Å². The van der Waals surface area contributed by atoms with E-state index in [1.807, 2.05) is 6.20 Å². The van der Waals surface area contributed by atoms with Crippen molar-refractivity contribution in [1.82, 2.24) is 9.55 Å². The van der Waals surface area contributed by atoms with E-state index in [4.69, 9.17) is 9.72 Å². The highest BCUT2D eigenvalue weighted by Crippen LogP contribution is 2.52. The SMILES string of the molecule is COc1ccc2c3c(n(-c4cc(C(C)(C)C)ccn4)c2c1)-c1ccccc1-c1cccc2cccc-3c12. The van der Waals surface area contributed by atoms with Gasteiger partial charge in [-0.2, -0.15) is 0 Å². The van der Waals surface area contributed by atoms with E-state index in [2.05, 4.69) is 116 Å².